The molecular formula is C18H17F4N7. The van der Waals surface area contributed by atoms with E-state index in [0.29, 0.717) is 5.69 Å². The highest BCUT2D eigenvalue weighted by Crippen LogP contribution is 2.30. The molecule has 0 saturated carbocycles. The van der Waals surface area contributed by atoms with E-state index >= 15 is 0 Å². The lowest BCUT2D eigenvalue weighted by atomic mass is 10.2. The molecule has 7 nitrogen and oxygen atoms in total. The maximum atomic E-state index is 13.0. The first-order valence-corrected chi connectivity index (χ1v) is 8.55. The summed E-state index contributed by atoms with van der Waals surface area (Å²) in [6, 6.07) is 6.39. The summed E-state index contributed by atoms with van der Waals surface area (Å²) in [4.78, 5) is 21.4. The van der Waals surface area contributed by atoms with E-state index in [2.05, 4.69) is 24.9 Å². The van der Waals surface area contributed by atoms with Crippen molar-refractivity contribution in [1.29, 1.82) is 0 Å². The molecule has 29 heavy (non-hydrogen) atoms. The van der Waals surface area contributed by atoms with Crippen LogP contribution in [0.3, 0.4) is 0 Å². The van der Waals surface area contributed by atoms with Crippen LogP contribution in [-0.2, 0) is 12.9 Å². The first kappa shape index (κ1) is 20.4. The van der Waals surface area contributed by atoms with E-state index in [1.807, 2.05) is 13.8 Å². The molecule has 0 amide bonds. The van der Waals surface area contributed by atoms with Crippen LogP contribution in [0.4, 0.5) is 35.1 Å². The molecule has 0 unspecified atom stereocenters. The van der Waals surface area contributed by atoms with Gasteiger partial charge in [0.2, 0.25) is 11.9 Å². The van der Waals surface area contributed by atoms with E-state index in [4.69, 9.17) is 5.73 Å². The van der Waals surface area contributed by atoms with Crippen molar-refractivity contribution in [2.75, 3.05) is 10.6 Å². The lowest BCUT2D eigenvalue weighted by Crippen LogP contribution is -2.28. The molecule has 3 aromatic rings. The summed E-state index contributed by atoms with van der Waals surface area (Å²) in [7, 11) is 0. The van der Waals surface area contributed by atoms with Gasteiger partial charge in [0.15, 0.2) is 5.82 Å². The normalized spacial score (nSPS) is 11.7. The number of anilines is 3. The van der Waals surface area contributed by atoms with Crippen molar-refractivity contribution in [3.8, 4) is 11.5 Å². The van der Waals surface area contributed by atoms with Gasteiger partial charge in [-0.15, -0.1) is 0 Å². The molecule has 0 bridgehead atoms. The summed E-state index contributed by atoms with van der Waals surface area (Å²) in [6.07, 6.45) is -3.17. The van der Waals surface area contributed by atoms with Gasteiger partial charge in [0, 0.05) is 17.9 Å². The van der Waals surface area contributed by atoms with Crippen LogP contribution >= 0.6 is 0 Å². The fourth-order valence-corrected chi connectivity index (χ4v) is 2.65. The maximum Gasteiger partial charge on any atom is 0.433 e. The molecule has 3 heterocycles. The van der Waals surface area contributed by atoms with Crippen LogP contribution in [-0.4, -0.2) is 31.0 Å². The molecule has 0 aliphatic heterocycles. The van der Waals surface area contributed by atoms with Gasteiger partial charge in [-0.05, 0) is 38.1 Å². The molecule has 0 spiro atoms. The number of alkyl halides is 4. The predicted octanol–water partition coefficient (Wildman–Crippen LogP) is 3.95. The molecule has 0 aliphatic rings. The first-order chi connectivity index (χ1) is 13.7. The minimum atomic E-state index is -4.61. The van der Waals surface area contributed by atoms with E-state index in [1.165, 1.54) is 24.4 Å². The quantitative estimate of drug-likeness (QED) is 0.640. The summed E-state index contributed by atoms with van der Waals surface area (Å²) >= 11 is 0. The topological polar surface area (TPSA) is 93.7 Å². The van der Waals surface area contributed by atoms with Gasteiger partial charge in [-0.1, -0.05) is 6.07 Å². The molecule has 0 aliphatic carbocycles. The molecule has 3 aromatic heterocycles. The number of halogens is 4. The number of rotatable bonds is 5. The summed E-state index contributed by atoms with van der Waals surface area (Å²) < 4.78 is 52.0. The zero-order chi connectivity index (χ0) is 21.2. The SMILES string of the molecule is CC(C)N(c1ccnc(CF)c1)c1nc(N)nc(-c2cccc(C(F)(F)F)n2)n1. The van der Waals surface area contributed by atoms with Gasteiger partial charge in [0.1, 0.15) is 18.1 Å². The summed E-state index contributed by atoms with van der Waals surface area (Å²) in [6.45, 7) is 2.94. The van der Waals surface area contributed by atoms with Gasteiger partial charge in [-0.2, -0.15) is 28.1 Å². The minimum absolute atomic E-state index is 0.0951. The second-order valence-corrected chi connectivity index (χ2v) is 6.33. The molecule has 0 atom stereocenters. The highest BCUT2D eigenvalue weighted by molar-refractivity contribution is 5.61. The van der Waals surface area contributed by atoms with Crippen molar-refractivity contribution in [2.24, 2.45) is 0 Å². The van der Waals surface area contributed by atoms with Crippen molar-refractivity contribution in [2.45, 2.75) is 32.7 Å². The average molecular weight is 407 g/mol. The fourth-order valence-electron chi connectivity index (χ4n) is 2.65. The van der Waals surface area contributed by atoms with Crippen LogP contribution in [0.15, 0.2) is 36.5 Å². The van der Waals surface area contributed by atoms with Crippen molar-refractivity contribution in [1.82, 2.24) is 24.9 Å². The van der Waals surface area contributed by atoms with Crippen LogP contribution in [0.5, 0.6) is 0 Å². The van der Waals surface area contributed by atoms with Gasteiger partial charge in [0.05, 0.1) is 5.69 Å². The Morgan fingerprint density at radius 3 is 2.48 bits per heavy atom. The second-order valence-electron chi connectivity index (χ2n) is 6.33. The highest BCUT2D eigenvalue weighted by Gasteiger charge is 2.32. The van der Waals surface area contributed by atoms with Crippen LogP contribution in [0.1, 0.15) is 25.2 Å². The van der Waals surface area contributed by atoms with Crippen molar-refractivity contribution < 1.29 is 17.6 Å². The van der Waals surface area contributed by atoms with E-state index in [-0.39, 0.29) is 35.2 Å². The fraction of sp³-hybridized carbons (Fsp3) is 0.278. The molecule has 2 N–H and O–H groups in total. The average Bonchev–Trinajstić information content (AvgIpc) is 2.67. The molecule has 0 aromatic carbocycles. The van der Waals surface area contributed by atoms with Gasteiger partial charge in [-0.25, -0.2) is 9.37 Å². The van der Waals surface area contributed by atoms with Gasteiger partial charge in [0.25, 0.3) is 0 Å². The summed E-state index contributed by atoms with van der Waals surface area (Å²) in [5.74, 6) is -0.198. The van der Waals surface area contributed by atoms with Crippen LogP contribution < -0.4 is 10.6 Å². The zero-order valence-electron chi connectivity index (χ0n) is 15.5. The number of nitrogens with zero attached hydrogens (tertiary/aromatic N) is 6. The summed E-state index contributed by atoms with van der Waals surface area (Å²) in [5, 5.41) is 0. The van der Waals surface area contributed by atoms with Crippen molar-refractivity contribution in [3.05, 3.63) is 47.9 Å². The van der Waals surface area contributed by atoms with Crippen LogP contribution in [0.2, 0.25) is 0 Å². The Bertz CT molecular complexity index is 1010. The zero-order valence-corrected chi connectivity index (χ0v) is 15.5. The largest absolute Gasteiger partial charge is 0.433 e. The van der Waals surface area contributed by atoms with Crippen molar-refractivity contribution >= 4 is 17.6 Å². The number of hydrogen-bond acceptors (Lipinski definition) is 7. The monoisotopic (exact) mass is 407 g/mol. The lowest BCUT2D eigenvalue weighted by Gasteiger charge is -2.27. The van der Waals surface area contributed by atoms with E-state index in [9.17, 15) is 17.6 Å². The second kappa shape index (κ2) is 7.94. The van der Waals surface area contributed by atoms with E-state index in [0.717, 1.165) is 6.07 Å². The predicted molar refractivity (Wildman–Crippen MR) is 98.8 cm³/mol. The van der Waals surface area contributed by atoms with E-state index in [1.54, 1.807) is 11.0 Å². The molecule has 11 heteroatoms. The molecule has 0 fully saturated rings. The smallest absolute Gasteiger partial charge is 0.368 e. The minimum Gasteiger partial charge on any atom is -0.368 e. The Morgan fingerprint density at radius 2 is 1.83 bits per heavy atom. The molecule has 0 saturated heterocycles. The number of pyridine rings is 2. The molecular weight excluding hydrogens is 390 g/mol. The number of nitrogen functional groups attached to an aromatic ring is 1. The molecule has 0 radical (unpaired) electrons. The summed E-state index contributed by atoms with van der Waals surface area (Å²) in [5.41, 5.74) is 5.38. The standard InChI is InChI=1S/C18H17F4N7/c1-10(2)29(12-6-7-24-11(8-12)9-19)17-27-15(26-16(23)28-17)13-4-3-5-14(25-13)18(20,21)22/h3-8,10H,9H2,1-2H3,(H2,23,26,27,28). The first-order valence-electron chi connectivity index (χ1n) is 8.55. The molecule has 3 rings (SSSR count). The Hall–Kier alpha value is -3.37. The maximum absolute atomic E-state index is 13.0. The van der Waals surface area contributed by atoms with Crippen LogP contribution in [0.25, 0.3) is 11.5 Å². The third-order valence-corrected chi connectivity index (χ3v) is 3.86. The third kappa shape index (κ3) is 4.55. The lowest BCUT2D eigenvalue weighted by molar-refractivity contribution is -0.141. The third-order valence-electron chi connectivity index (χ3n) is 3.86. The Morgan fingerprint density at radius 1 is 1.07 bits per heavy atom. The Labute approximate surface area is 163 Å². The Balaban J connectivity index is 2.10. The molecule has 152 valence electrons. The highest BCUT2D eigenvalue weighted by atomic mass is 19.4. The number of hydrogen-bond donors (Lipinski definition) is 1. The van der Waals surface area contributed by atoms with Crippen LogP contribution in [0, 0.1) is 0 Å². The number of aromatic nitrogens is 5. The Kier molecular flexibility index (Phi) is 5.57. The van der Waals surface area contributed by atoms with Gasteiger partial charge >= 0.3 is 6.18 Å². The number of nitrogens with two attached hydrogens (primary N) is 1. The van der Waals surface area contributed by atoms with Crippen molar-refractivity contribution in [3.63, 3.8) is 0 Å². The van der Waals surface area contributed by atoms with E-state index < -0.39 is 18.5 Å². The van der Waals surface area contributed by atoms with Gasteiger partial charge in [-0.3, -0.25) is 4.98 Å². The van der Waals surface area contributed by atoms with Gasteiger partial charge < -0.3 is 10.6 Å².